The first-order chi connectivity index (χ1) is 9.82. The van der Waals surface area contributed by atoms with Crippen molar-refractivity contribution in [2.24, 2.45) is 11.7 Å². The van der Waals surface area contributed by atoms with E-state index < -0.39 is 0 Å². The fraction of sp³-hybridized carbons (Fsp3) is 0.647. The van der Waals surface area contributed by atoms with Crippen LogP contribution < -0.4 is 5.73 Å². The summed E-state index contributed by atoms with van der Waals surface area (Å²) in [6.07, 6.45) is 4.90. The van der Waals surface area contributed by atoms with Crippen molar-refractivity contribution >= 4 is 0 Å². The average molecular weight is 274 g/mol. The van der Waals surface area contributed by atoms with Crippen LogP contribution in [0.1, 0.15) is 24.8 Å². The van der Waals surface area contributed by atoms with Gasteiger partial charge in [0.1, 0.15) is 0 Å². The second-order valence-corrected chi connectivity index (χ2v) is 6.35. The molecule has 3 heteroatoms. The van der Waals surface area contributed by atoms with Gasteiger partial charge in [-0.2, -0.15) is 0 Å². The van der Waals surface area contributed by atoms with Crippen molar-refractivity contribution in [2.75, 3.05) is 32.8 Å². The number of rotatable bonds is 4. The first kappa shape index (κ1) is 14.1. The third kappa shape index (κ3) is 2.90. The summed E-state index contributed by atoms with van der Waals surface area (Å²) in [6.45, 7) is 4.79. The fourth-order valence-electron chi connectivity index (χ4n) is 3.69. The van der Waals surface area contributed by atoms with E-state index >= 15 is 0 Å². The molecule has 0 amide bonds. The highest BCUT2D eigenvalue weighted by Crippen LogP contribution is 2.31. The summed E-state index contributed by atoms with van der Waals surface area (Å²) in [7, 11) is 0. The van der Waals surface area contributed by atoms with Crippen molar-refractivity contribution in [3.63, 3.8) is 0 Å². The standard InChI is InChI=1S/C17H26N2O/c18-13-17(8-11-20-14-17)19-9-6-16(7-10-19)12-15-4-2-1-3-5-15/h1-5,16H,6-14,18H2. The molecule has 2 N–H and O–H groups in total. The Morgan fingerprint density at radius 2 is 1.95 bits per heavy atom. The molecule has 1 atom stereocenters. The number of piperidine rings is 1. The van der Waals surface area contributed by atoms with E-state index in [4.69, 9.17) is 10.5 Å². The van der Waals surface area contributed by atoms with E-state index in [9.17, 15) is 0 Å². The zero-order valence-electron chi connectivity index (χ0n) is 12.3. The largest absolute Gasteiger partial charge is 0.379 e. The lowest BCUT2D eigenvalue weighted by Gasteiger charge is -2.43. The Labute approximate surface area is 122 Å². The number of nitrogens with two attached hydrogens (primary N) is 1. The maximum absolute atomic E-state index is 6.04. The maximum atomic E-state index is 6.04. The summed E-state index contributed by atoms with van der Waals surface area (Å²) < 4.78 is 5.61. The molecule has 1 unspecified atom stereocenters. The average Bonchev–Trinajstić information content (AvgIpc) is 2.99. The lowest BCUT2D eigenvalue weighted by atomic mass is 9.86. The predicted molar refractivity (Wildman–Crippen MR) is 81.7 cm³/mol. The molecule has 0 aromatic heterocycles. The zero-order valence-corrected chi connectivity index (χ0v) is 12.3. The molecule has 2 saturated heterocycles. The highest BCUT2D eigenvalue weighted by Gasteiger charge is 2.40. The summed E-state index contributed by atoms with van der Waals surface area (Å²) in [4.78, 5) is 2.60. The molecule has 0 aliphatic carbocycles. The van der Waals surface area contributed by atoms with Crippen LogP contribution in [-0.4, -0.2) is 43.3 Å². The predicted octanol–water partition coefficient (Wildman–Crippen LogP) is 2.06. The van der Waals surface area contributed by atoms with E-state index in [1.165, 1.54) is 37.9 Å². The lowest BCUT2D eigenvalue weighted by molar-refractivity contribution is 0.0424. The van der Waals surface area contributed by atoms with Gasteiger partial charge in [0.05, 0.1) is 12.1 Å². The minimum atomic E-state index is 0.137. The molecule has 2 heterocycles. The van der Waals surface area contributed by atoms with Crippen molar-refractivity contribution in [3.05, 3.63) is 35.9 Å². The molecule has 3 nitrogen and oxygen atoms in total. The minimum absolute atomic E-state index is 0.137. The first-order valence-electron chi connectivity index (χ1n) is 7.89. The van der Waals surface area contributed by atoms with Gasteiger partial charge in [0.25, 0.3) is 0 Å². The van der Waals surface area contributed by atoms with Gasteiger partial charge in [-0.25, -0.2) is 0 Å². The Hall–Kier alpha value is -0.900. The van der Waals surface area contributed by atoms with Crippen molar-refractivity contribution in [3.8, 4) is 0 Å². The Bertz CT molecular complexity index is 406. The molecule has 3 rings (SSSR count). The Kier molecular flexibility index (Phi) is 4.39. The van der Waals surface area contributed by atoms with Gasteiger partial charge in [0.2, 0.25) is 0 Å². The number of ether oxygens (including phenoxy) is 1. The van der Waals surface area contributed by atoms with Gasteiger partial charge in [-0.15, -0.1) is 0 Å². The van der Waals surface area contributed by atoms with Gasteiger partial charge in [0.15, 0.2) is 0 Å². The van der Waals surface area contributed by atoms with Crippen LogP contribution in [0, 0.1) is 5.92 Å². The number of benzene rings is 1. The van der Waals surface area contributed by atoms with E-state index in [0.717, 1.165) is 32.1 Å². The molecule has 1 aromatic rings. The summed E-state index contributed by atoms with van der Waals surface area (Å²) >= 11 is 0. The number of likely N-dealkylation sites (tertiary alicyclic amines) is 1. The monoisotopic (exact) mass is 274 g/mol. The molecular weight excluding hydrogens is 248 g/mol. The van der Waals surface area contributed by atoms with Crippen LogP contribution in [0.3, 0.4) is 0 Å². The molecule has 2 aliphatic heterocycles. The SMILES string of the molecule is NCC1(N2CCC(Cc3ccccc3)CC2)CCOC1. The van der Waals surface area contributed by atoms with Gasteiger partial charge in [-0.3, -0.25) is 4.90 Å². The van der Waals surface area contributed by atoms with Crippen LogP contribution >= 0.6 is 0 Å². The molecule has 20 heavy (non-hydrogen) atoms. The molecule has 0 spiro atoms. The van der Waals surface area contributed by atoms with Crippen LogP contribution in [0.2, 0.25) is 0 Å². The van der Waals surface area contributed by atoms with E-state index in [2.05, 4.69) is 35.2 Å². The van der Waals surface area contributed by atoms with E-state index in [1.807, 2.05) is 0 Å². The van der Waals surface area contributed by atoms with Crippen molar-refractivity contribution in [1.82, 2.24) is 4.90 Å². The van der Waals surface area contributed by atoms with Gasteiger partial charge in [0, 0.05) is 13.2 Å². The molecule has 1 aromatic carbocycles. The topological polar surface area (TPSA) is 38.5 Å². The summed E-state index contributed by atoms with van der Waals surface area (Å²) in [5, 5.41) is 0. The minimum Gasteiger partial charge on any atom is -0.379 e. The van der Waals surface area contributed by atoms with Crippen LogP contribution in [0.5, 0.6) is 0 Å². The van der Waals surface area contributed by atoms with Crippen molar-refractivity contribution in [2.45, 2.75) is 31.2 Å². The maximum Gasteiger partial charge on any atom is 0.0663 e. The van der Waals surface area contributed by atoms with Gasteiger partial charge >= 0.3 is 0 Å². The molecule has 2 fully saturated rings. The molecule has 2 aliphatic rings. The van der Waals surface area contributed by atoms with Crippen LogP contribution in [0.4, 0.5) is 0 Å². The molecular formula is C17H26N2O. The van der Waals surface area contributed by atoms with E-state index in [0.29, 0.717) is 0 Å². The molecule has 0 radical (unpaired) electrons. The summed E-state index contributed by atoms with van der Waals surface area (Å²) in [5.74, 6) is 0.825. The summed E-state index contributed by atoms with van der Waals surface area (Å²) in [6, 6.07) is 10.9. The smallest absolute Gasteiger partial charge is 0.0663 e. The Balaban J connectivity index is 1.54. The Morgan fingerprint density at radius 1 is 1.20 bits per heavy atom. The first-order valence-corrected chi connectivity index (χ1v) is 7.89. The second-order valence-electron chi connectivity index (χ2n) is 6.35. The van der Waals surface area contributed by atoms with E-state index in [1.54, 1.807) is 0 Å². The highest BCUT2D eigenvalue weighted by molar-refractivity contribution is 5.15. The quantitative estimate of drug-likeness (QED) is 0.913. The molecule has 0 bridgehead atoms. The van der Waals surface area contributed by atoms with Crippen LogP contribution in [-0.2, 0) is 11.2 Å². The normalized spacial score (nSPS) is 28.9. The highest BCUT2D eigenvalue weighted by atomic mass is 16.5. The fourth-order valence-corrected chi connectivity index (χ4v) is 3.69. The van der Waals surface area contributed by atoms with Crippen LogP contribution in [0.15, 0.2) is 30.3 Å². The van der Waals surface area contributed by atoms with E-state index in [-0.39, 0.29) is 5.54 Å². The Morgan fingerprint density at radius 3 is 2.55 bits per heavy atom. The van der Waals surface area contributed by atoms with Crippen LogP contribution in [0.25, 0.3) is 0 Å². The van der Waals surface area contributed by atoms with Gasteiger partial charge < -0.3 is 10.5 Å². The number of hydrogen-bond acceptors (Lipinski definition) is 3. The third-order valence-electron chi connectivity index (χ3n) is 5.12. The summed E-state index contributed by atoms with van der Waals surface area (Å²) in [5.41, 5.74) is 7.65. The lowest BCUT2D eigenvalue weighted by Crippen LogP contribution is -2.57. The number of hydrogen-bond donors (Lipinski definition) is 1. The third-order valence-corrected chi connectivity index (χ3v) is 5.12. The second kappa shape index (κ2) is 6.25. The molecule has 110 valence electrons. The van der Waals surface area contributed by atoms with Gasteiger partial charge in [-0.05, 0) is 50.3 Å². The molecule has 0 saturated carbocycles. The van der Waals surface area contributed by atoms with Crippen molar-refractivity contribution in [1.29, 1.82) is 0 Å². The number of nitrogens with zero attached hydrogens (tertiary/aromatic N) is 1. The van der Waals surface area contributed by atoms with Gasteiger partial charge in [-0.1, -0.05) is 30.3 Å². The van der Waals surface area contributed by atoms with Crippen molar-refractivity contribution < 1.29 is 4.74 Å². The zero-order chi connectivity index (χ0) is 13.8.